The Morgan fingerprint density at radius 3 is 2.31 bits per heavy atom. The zero-order chi connectivity index (χ0) is 18.3. The molecule has 0 spiro atoms. The van der Waals surface area contributed by atoms with E-state index in [9.17, 15) is 0 Å². The van der Waals surface area contributed by atoms with Crippen molar-refractivity contribution in [3.63, 3.8) is 0 Å². The average Bonchev–Trinajstić information content (AvgIpc) is 2.88. The Morgan fingerprint density at radius 1 is 1.04 bits per heavy atom. The lowest BCUT2D eigenvalue weighted by Crippen LogP contribution is -2.49. The van der Waals surface area contributed by atoms with Gasteiger partial charge in [-0.2, -0.15) is 0 Å². The van der Waals surface area contributed by atoms with Crippen molar-refractivity contribution in [1.82, 2.24) is 15.5 Å². The summed E-state index contributed by atoms with van der Waals surface area (Å²) in [5.74, 6) is 1.52. The molecule has 1 heterocycles. The first-order chi connectivity index (χ1) is 12.2. The topological polar surface area (TPSA) is 58.1 Å². The molecule has 1 atom stereocenters. The lowest BCUT2D eigenvalue weighted by Gasteiger charge is -2.34. The first-order valence-electron chi connectivity index (χ1n) is 9.94. The molecule has 1 fully saturated rings. The van der Waals surface area contributed by atoms with Crippen LogP contribution in [0.25, 0.3) is 0 Å². The second-order valence-corrected chi connectivity index (χ2v) is 7.10. The summed E-state index contributed by atoms with van der Waals surface area (Å²) >= 11 is 0. The molecular weight excluding hydrogens is 443 g/mol. The Morgan fingerprint density at radius 2 is 1.73 bits per heavy atom. The minimum atomic E-state index is 0. The molecule has 0 aromatic carbocycles. The van der Waals surface area contributed by atoms with Crippen LogP contribution in [0.15, 0.2) is 4.99 Å². The highest BCUT2D eigenvalue weighted by Crippen LogP contribution is 2.16. The van der Waals surface area contributed by atoms with E-state index in [1.807, 2.05) is 7.05 Å². The molecule has 0 aliphatic carbocycles. The molecule has 1 aliphatic heterocycles. The first-order valence-corrected chi connectivity index (χ1v) is 9.94. The molecule has 0 aromatic rings. The molecule has 2 N–H and O–H groups in total. The van der Waals surface area contributed by atoms with E-state index in [2.05, 4.69) is 34.4 Å². The Bertz CT molecular complexity index is 348. The predicted octanol–water partition coefficient (Wildman–Crippen LogP) is 2.72. The van der Waals surface area contributed by atoms with Gasteiger partial charge in [0.15, 0.2) is 5.96 Å². The summed E-state index contributed by atoms with van der Waals surface area (Å²) in [6.45, 7) is 11.0. The van der Waals surface area contributed by atoms with Crippen LogP contribution in [0.4, 0.5) is 0 Å². The van der Waals surface area contributed by atoms with Gasteiger partial charge in [-0.3, -0.25) is 9.89 Å². The van der Waals surface area contributed by atoms with Crippen molar-refractivity contribution < 1.29 is 9.47 Å². The molecule has 156 valence electrons. The first kappa shape index (κ1) is 25.9. The van der Waals surface area contributed by atoms with Gasteiger partial charge in [0.2, 0.25) is 0 Å². The number of rotatable bonds is 11. The van der Waals surface area contributed by atoms with Gasteiger partial charge in [0.1, 0.15) is 0 Å². The number of methoxy groups -OCH3 is 1. The van der Waals surface area contributed by atoms with Crippen LogP contribution in [-0.4, -0.2) is 77.1 Å². The van der Waals surface area contributed by atoms with Crippen LogP contribution in [0, 0.1) is 5.92 Å². The predicted molar refractivity (Wildman–Crippen MR) is 121 cm³/mol. The number of ether oxygens (including phenoxy) is 2. The van der Waals surface area contributed by atoms with Gasteiger partial charge in [0, 0.05) is 39.9 Å². The number of nitrogens with one attached hydrogen (secondary N) is 2. The van der Waals surface area contributed by atoms with E-state index in [-0.39, 0.29) is 24.0 Å². The quantitative estimate of drug-likeness (QED) is 0.205. The molecule has 6 nitrogen and oxygen atoms in total. The van der Waals surface area contributed by atoms with Crippen LogP contribution < -0.4 is 10.6 Å². The number of hydrogen-bond acceptors (Lipinski definition) is 4. The molecular formula is C19H41IN4O2. The SMILES string of the molecule is CN=C(NCCCOCCOC)NCC(C(C)C)N1CCCCCC1.I. The summed E-state index contributed by atoms with van der Waals surface area (Å²) in [5.41, 5.74) is 0. The van der Waals surface area contributed by atoms with Gasteiger partial charge in [-0.25, -0.2) is 0 Å². The lowest BCUT2D eigenvalue weighted by atomic mass is 10.0. The maximum Gasteiger partial charge on any atom is 0.191 e. The molecule has 0 aromatic heterocycles. The van der Waals surface area contributed by atoms with Gasteiger partial charge in [-0.1, -0.05) is 26.7 Å². The van der Waals surface area contributed by atoms with Gasteiger partial charge in [-0.15, -0.1) is 24.0 Å². The van der Waals surface area contributed by atoms with Crippen LogP contribution in [-0.2, 0) is 9.47 Å². The van der Waals surface area contributed by atoms with Crippen LogP contribution in [0.1, 0.15) is 46.0 Å². The third-order valence-corrected chi connectivity index (χ3v) is 4.77. The summed E-state index contributed by atoms with van der Waals surface area (Å²) in [5, 5.41) is 6.90. The fourth-order valence-corrected chi connectivity index (χ4v) is 3.26. The number of aliphatic imine (C=N–C) groups is 1. The smallest absolute Gasteiger partial charge is 0.191 e. The highest BCUT2D eigenvalue weighted by atomic mass is 127. The summed E-state index contributed by atoms with van der Waals surface area (Å²) in [7, 11) is 3.53. The zero-order valence-electron chi connectivity index (χ0n) is 17.3. The van der Waals surface area contributed by atoms with E-state index in [0.29, 0.717) is 25.2 Å². The zero-order valence-corrected chi connectivity index (χ0v) is 19.6. The van der Waals surface area contributed by atoms with Crippen molar-refractivity contribution >= 4 is 29.9 Å². The molecule has 7 heteroatoms. The second kappa shape index (κ2) is 17.0. The lowest BCUT2D eigenvalue weighted by molar-refractivity contribution is 0.0698. The maximum atomic E-state index is 5.48. The van der Waals surface area contributed by atoms with E-state index >= 15 is 0 Å². The second-order valence-electron chi connectivity index (χ2n) is 7.10. The number of halogens is 1. The summed E-state index contributed by atoms with van der Waals surface area (Å²) in [6, 6.07) is 0.564. The maximum absolute atomic E-state index is 5.48. The van der Waals surface area contributed by atoms with E-state index in [1.165, 1.54) is 38.8 Å². The van der Waals surface area contributed by atoms with Crippen molar-refractivity contribution in [2.45, 2.75) is 52.0 Å². The average molecular weight is 484 g/mol. The fraction of sp³-hybridized carbons (Fsp3) is 0.947. The van der Waals surface area contributed by atoms with Crippen LogP contribution in [0.3, 0.4) is 0 Å². The highest BCUT2D eigenvalue weighted by molar-refractivity contribution is 14.0. The van der Waals surface area contributed by atoms with Gasteiger partial charge >= 0.3 is 0 Å². The van der Waals surface area contributed by atoms with Crippen LogP contribution >= 0.6 is 24.0 Å². The molecule has 0 amide bonds. The molecule has 1 saturated heterocycles. The van der Waals surface area contributed by atoms with Crippen molar-refractivity contribution in [2.24, 2.45) is 10.9 Å². The normalized spacial score (nSPS) is 17.5. The molecule has 1 unspecified atom stereocenters. The minimum Gasteiger partial charge on any atom is -0.382 e. The third kappa shape index (κ3) is 11.6. The van der Waals surface area contributed by atoms with Gasteiger partial charge in [-0.05, 0) is 38.3 Å². The fourth-order valence-electron chi connectivity index (χ4n) is 3.26. The molecule has 26 heavy (non-hydrogen) atoms. The summed E-state index contributed by atoms with van der Waals surface area (Å²) < 4.78 is 10.4. The molecule has 1 rings (SSSR count). The molecule has 0 bridgehead atoms. The van der Waals surface area contributed by atoms with E-state index in [1.54, 1.807) is 7.11 Å². The minimum absolute atomic E-state index is 0. The van der Waals surface area contributed by atoms with Crippen LogP contribution in [0.5, 0.6) is 0 Å². The van der Waals surface area contributed by atoms with E-state index < -0.39 is 0 Å². The Balaban J connectivity index is 0.00000625. The van der Waals surface area contributed by atoms with Gasteiger partial charge in [0.05, 0.1) is 13.2 Å². The Kier molecular flexibility index (Phi) is 16.9. The number of nitrogens with zero attached hydrogens (tertiary/aromatic N) is 2. The van der Waals surface area contributed by atoms with Crippen molar-refractivity contribution in [3.8, 4) is 0 Å². The third-order valence-electron chi connectivity index (χ3n) is 4.77. The van der Waals surface area contributed by atoms with Gasteiger partial charge in [0.25, 0.3) is 0 Å². The monoisotopic (exact) mass is 484 g/mol. The van der Waals surface area contributed by atoms with Gasteiger partial charge < -0.3 is 20.1 Å². The Labute approximate surface area is 177 Å². The molecule has 0 saturated carbocycles. The van der Waals surface area contributed by atoms with Crippen LogP contribution in [0.2, 0.25) is 0 Å². The largest absolute Gasteiger partial charge is 0.382 e. The summed E-state index contributed by atoms with van der Waals surface area (Å²) in [6.07, 6.45) is 6.39. The Hall–Kier alpha value is -0.120. The van der Waals surface area contributed by atoms with E-state index in [0.717, 1.165) is 32.1 Å². The number of hydrogen-bond donors (Lipinski definition) is 2. The highest BCUT2D eigenvalue weighted by Gasteiger charge is 2.22. The number of guanidine groups is 1. The molecule has 0 radical (unpaired) electrons. The summed E-state index contributed by atoms with van der Waals surface area (Å²) in [4.78, 5) is 7.01. The van der Waals surface area contributed by atoms with Crippen molar-refractivity contribution in [3.05, 3.63) is 0 Å². The number of likely N-dealkylation sites (tertiary alicyclic amines) is 1. The van der Waals surface area contributed by atoms with Crippen molar-refractivity contribution in [2.75, 3.05) is 60.2 Å². The van der Waals surface area contributed by atoms with Crippen molar-refractivity contribution in [1.29, 1.82) is 0 Å². The van der Waals surface area contributed by atoms with E-state index in [4.69, 9.17) is 9.47 Å². The standard InChI is InChI=1S/C19H40N4O2.HI/c1-17(2)18(23-11-7-5-6-8-12-23)16-22-19(20-3)21-10-9-13-25-15-14-24-4;/h17-18H,5-16H2,1-4H3,(H2,20,21,22);1H. The molecule has 1 aliphatic rings.